The summed E-state index contributed by atoms with van der Waals surface area (Å²) in [5, 5.41) is 8.41. The lowest BCUT2D eigenvalue weighted by molar-refractivity contribution is 0.0955. The van der Waals surface area contributed by atoms with Crippen LogP contribution in [0.3, 0.4) is 0 Å². The summed E-state index contributed by atoms with van der Waals surface area (Å²) in [6, 6.07) is 10.1. The first-order valence-electron chi connectivity index (χ1n) is 7.43. The molecule has 1 aromatic carbocycles. The van der Waals surface area contributed by atoms with Crippen molar-refractivity contribution in [1.82, 2.24) is 15.1 Å². The third-order valence-corrected chi connectivity index (χ3v) is 5.00. The van der Waals surface area contributed by atoms with Crippen LogP contribution in [0.25, 0.3) is 10.2 Å². The van der Waals surface area contributed by atoms with Crippen LogP contribution in [0.2, 0.25) is 0 Å². The molecule has 0 radical (unpaired) electrons. The van der Waals surface area contributed by atoms with Gasteiger partial charge in [-0.3, -0.25) is 9.48 Å². The predicted molar refractivity (Wildman–Crippen MR) is 95.3 cm³/mol. The van der Waals surface area contributed by atoms with E-state index in [1.54, 1.807) is 0 Å². The van der Waals surface area contributed by atoms with Crippen LogP contribution in [-0.4, -0.2) is 29.8 Å². The highest BCUT2D eigenvalue weighted by Gasteiger charge is 2.14. The molecule has 0 saturated carbocycles. The van der Waals surface area contributed by atoms with Gasteiger partial charge < -0.3 is 10.2 Å². The van der Waals surface area contributed by atoms with E-state index >= 15 is 0 Å². The second-order valence-corrected chi connectivity index (χ2v) is 6.82. The molecule has 120 valence electrons. The van der Waals surface area contributed by atoms with Crippen molar-refractivity contribution in [2.45, 2.75) is 13.5 Å². The molecule has 1 amide bonds. The summed E-state index contributed by atoms with van der Waals surface area (Å²) < 4.78 is 1.83. The molecular weight excluding hydrogens is 308 g/mol. The van der Waals surface area contributed by atoms with Crippen LogP contribution in [0.15, 0.2) is 30.3 Å². The number of anilines is 1. The largest absolute Gasteiger partial charge is 0.378 e. The average molecular weight is 328 g/mol. The molecule has 6 heteroatoms. The van der Waals surface area contributed by atoms with E-state index < -0.39 is 0 Å². The second-order valence-electron chi connectivity index (χ2n) is 5.79. The van der Waals surface area contributed by atoms with Gasteiger partial charge in [-0.1, -0.05) is 12.1 Å². The van der Waals surface area contributed by atoms with E-state index in [0.29, 0.717) is 6.54 Å². The van der Waals surface area contributed by atoms with Crippen LogP contribution >= 0.6 is 11.3 Å². The van der Waals surface area contributed by atoms with Crippen molar-refractivity contribution in [3.05, 3.63) is 46.5 Å². The number of fused-ring (bicyclic) bond motifs is 1. The van der Waals surface area contributed by atoms with Crippen molar-refractivity contribution in [2.75, 3.05) is 19.0 Å². The van der Waals surface area contributed by atoms with Gasteiger partial charge in [0.25, 0.3) is 5.91 Å². The molecule has 0 fully saturated rings. The lowest BCUT2D eigenvalue weighted by Crippen LogP contribution is -2.22. The zero-order chi connectivity index (χ0) is 16.6. The van der Waals surface area contributed by atoms with E-state index in [1.165, 1.54) is 11.3 Å². The maximum atomic E-state index is 12.4. The van der Waals surface area contributed by atoms with Crippen LogP contribution in [0.1, 0.15) is 20.9 Å². The standard InChI is InChI=1S/C17H20N4OS/c1-11-14-9-15(23-17(14)21(4)19-11)16(22)18-10-12-6-5-7-13(8-12)20(2)3/h5-9H,10H2,1-4H3,(H,18,22). The predicted octanol–water partition coefficient (Wildman–Crippen LogP) is 2.94. The maximum absolute atomic E-state index is 12.4. The fourth-order valence-electron chi connectivity index (χ4n) is 2.53. The highest BCUT2D eigenvalue weighted by Crippen LogP contribution is 2.27. The van der Waals surface area contributed by atoms with Crippen molar-refractivity contribution in [2.24, 2.45) is 7.05 Å². The number of nitrogens with zero attached hydrogens (tertiary/aromatic N) is 3. The zero-order valence-electron chi connectivity index (χ0n) is 13.8. The number of aryl methyl sites for hydroxylation is 2. The Bertz CT molecular complexity index is 828. The van der Waals surface area contributed by atoms with E-state index in [9.17, 15) is 4.79 Å². The Hall–Kier alpha value is -2.34. The van der Waals surface area contributed by atoms with E-state index in [0.717, 1.165) is 32.0 Å². The molecule has 0 aliphatic heterocycles. The Balaban J connectivity index is 1.73. The Labute approximate surface area is 139 Å². The van der Waals surface area contributed by atoms with Gasteiger partial charge in [-0.05, 0) is 30.7 Å². The minimum Gasteiger partial charge on any atom is -0.378 e. The number of rotatable bonds is 4. The summed E-state index contributed by atoms with van der Waals surface area (Å²) >= 11 is 1.48. The fourth-order valence-corrected chi connectivity index (χ4v) is 3.57. The summed E-state index contributed by atoms with van der Waals surface area (Å²) in [7, 11) is 5.91. The number of hydrogen-bond donors (Lipinski definition) is 1. The molecule has 0 bridgehead atoms. The fraction of sp³-hybridized carbons (Fsp3) is 0.294. The van der Waals surface area contributed by atoms with E-state index in [1.807, 2.05) is 61.9 Å². The zero-order valence-corrected chi connectivity index (χ0v) is 14.6. The van der Waals surface area contributed by atoms with Gasteiger partial charge in [-0.25, -0.2) is 0 Å². The first-order valence-corrected chi connectivity index (χ1v) is 8.25. The van der Waals surface area contributed by atoms with Crippen LogP contribution in [0.4, 0.5) is 5.69 Å². The van der Waals surface area contributed by atoms with Gasteiger partial charge in [0.15, 0.2) is 0 Å². The number of carbonyl (C=O) groups is 1. The molecule has 0 spiro atoms. The van der Waals surface area contributed by atoms with Crippen LogP contribution in [0, 0.1) is 6.92 Å². The molecule has 0 saturated heterocycles. The van der Waals surface area contributed by atoms with E-state index in [4.69, 9.17) is 0 Å². The van der Waals surface area contributed by atoms with Gasteiger partial charge >= 0.3 is 0 Å². The van der Waals surface area contributed by atoms with Gasteiger partial charge in [0, 0.05) is 38.8 Å². The van der Waals surface area contributed by atoms with Crippen LogP contribution in [-0.2, 0) is 13.6 Å². The molecule has 1 N–H and O–H groups in total. The first kappa shape index (κ1) is 15.6. The SMILES string of the molecule is Cc1nn(C)c2sc(C(=O)NCc3cccc(N(C)C)c3)cc12. The number of carbonyl (C=O) groups excluding carboxylic acids is 1. The molecule has 3 aromatic rings. The normalized spacial score (nSPS) is 11.0. The van der Waals surface area contributed by atoms with Gasteiger partial charge in [-0.2, -0.15) is 5.10 Å². The van der Waals surface area contributed by atoms with Crippen LogP contribution in [0.5, 0.6) is 0 Å². The lowest BCUT2D eigenvalue weighted by Gasteiger charge is -2.13. The molecule has 0 aliphatic carbocycles. The Morgan fingerprint density at radius 1 is 1.35 bits per heavy atom. The molecule has 0 atom stereocenters. The Morgan fingerprint density at radius 2 is 2.13 bits per heavy atom. The van der Waals surface area contributed by atoms with E-state index in [2.05, 4.69) is 16.5 Å². The van der Waals surface area contributed by atoms with Crippen molar-refractivity contribution in [3.8, 4) is 0 Å². The minimum absolute atomic E-state index is 0.0409. The van der Waals surface area contributed by atoms with Crippen molar-refractivity contribution >= 4 is 33.1 Å². The smallest absolute Gasteiger partial charge is 0.261 e. The molecule has 2 heterocycles. The van der Waals surface area contributed by atoms with Crippen molar-refractivity contribution < 1.29 is 4.79 Å². The van der Waals surface area contributed by atoms with Gasteiger partial charge in [0.1, 0.15) is 4.83 Å². The minimum atomic E-state index is -0.0409. The molecule has 23 heavy (non-hydrogen) atoms. The lowest BCUT2D eigenvalue weighted by atomic mass is 10.2. The highest BCUT2D eigenvalue weighted by atomic mass is 32.1. The van der Waals surface area contributed by atoms with Crippen molar-refractivity contribution in [1.29, 1.82) is 0 Å². The summed E-state index contributed by atoms with van der Waals surface area (Å²) in [6.07, 6.45) is 0. The maximum Gasteiger partial charge on any atom is 0.261 e. The topological polar surface area (TPSA) is 50.2 Å². The molecule has 2 aromatic heterocycles. The van der Waals surface area contributed by atoms with E-state index in [-0.39, 0.29) is 5.91 Å². The third kappa shape index (κ3) is 3.07. The number of aromatic nitrogens is 2. The molecule has 3 rings (SSSR count). The van der Waals surface area contributed by atoms with Gasteiger partial charge in [0.05, 0.1) is 10.6 Å². The molecule has 0 unspecified atom stereocenters. The number of hydrogen-bond acceptors (Lipinski definition) is 4. The molecule has 0 aliphatic rings. The Kier molecular flexibility index (Phi) is 4.09. The average Bonchev–Trinajstić information content (AvgIpc) is 3.07. The number of nitrogens with one attached hydrogen (secondary N) is 1. The summed E-state index contributed by atoms with van der Waals surface area (Å²) in [6.45, 7) is 2.48. The highest BCUT2D eigenvalue weighted by molar-refractivity contribution is 7.20. The number of benzene rings is 1. The summed E-state index contributed by atoms with van der Waals surface area (Å²) in [5.41, 5.74) is 3.17. The number of amides is 1. The van der Waals surface area contributed by atoms with Gasteiger partial charge in [-0.15, -0.1) is 11.3 Å². The monoisotopic (exact) mass is 328 g/mol. The Morgan fingerprint density at radius 3 is 2.83 bits per heavy atom. The van der Waals surface area contributed by atoms with Crippen LogP contribution < -0.4 is 10.2 Å². The summed E-state index contributed by atoms with van der Waals surface area (Å²) in [5.74, 6) is -0.0409. The van der Waals surface area contributed by atoms with Gasteiger partial charge in [0.2, 0.25) is 0 Å². The number of thiophene rings is 1. The molecular formula is C17H20N4OS. The first-order chi connectivity index (χ1) is 11.0. The summed E-state index contributed by atoms with van der Waals surface area (Å²) in [4.78, 5) is 16.2. The molecule has 5 nitrogen and oxygen atoms in total. The third-order valence-electron chi connectivity index (χ3n) is 3.80. The second kappa shape index (κ2) is 6.04. The van der Waals surface area contributed by atoms with Crippen molar-refractivity contribution in [3.63, 3.8) is 0 Å². The quantitative estimate of drug-likeness (QED) is 0.801.